The van der Waals surface area contributed by atoms with E-state index in [1.165, 1.54) is 4.90 Å². The summed E-state index contributed by atoms with van der Waals surface area (Å²) in [5, 5.41) is 24.9. The molecular formula is C22H20N6O. The fraction of sp³-hybridized carbons (Fsp3) is 0.182. The first-order valence-corrected chi connectivity index (χ1v) is 9.13. The predicted molar refractivity (Wildman–Crippen MR) is 109 cm³/mol. The fourth-order valence-corrected chi connectivity index (χ4v) is 3.80. The van der Waals surface area contributed by atoms with Gasteiger partial charge < -0.3 is 4.90 Å². The molecule has 1 aliphatic heterocycles. The maximum Gasteiger partial charge on any atom is 0.263 e. The van der Waals surface area contributed by atoms with Crippen LogP contribution >= 0.6 is 0 Å². The van der Waals surface area contributed by atoms with Crippen molar-refractivity contribution in [2.24, 2.45) is 0 Å². The van der Waals surface area contributed by atoms with E-state index in [0.717, 1.165) is 16.7 Å². The molecule has 4 rings (SSSR count). The minimum absolute atomic E-state index is 0.0902. The molecule has 2 heterocycles. The van der Waals surface area contributed by atoms with Crippen molar-refractivity contribution < 1.29 is 4.79 Å². The van der Waals surface area contributed by atoms with Gasteiger partial charge in [-0.1, -0.05) is 30.3 Å². The standard InChI is InChI=1S/C22H20N6O/c1-22(19-18(13-25-26-19)20(29)27(2)21(24)28(22)3)17-9-5-8-16(11-17)15-7-4-6-14(10-15)12-23/h4-11,13,24H,1-3H3,(H,25,26). The van der Waals surface area contributed by atoms with E-state index >= 15 is 0 Å². The zero-order chi connectivity index (χ0) is 20.8. The average Bonchev–Trinajstić information content (AvgIpc) is 3.25. The van der Waals surface area contributed by atoms with Crippen LogP contribution in [0.3, 0.4) is 0 Å². The lowest BCUT2D eigenvalue weighted by Crippen LogP contribution is -2.49. The van der Waals surface area contributed by atoms with Crippen molar-refractivity contribution >= 4 is 11.9 Å². The summed E-state index contributed by atoms with van der Waals surface area (Å²) in [7, 11) is 3.38. The highest BCUT2D eigenvalue weighted by molar-refractivity contribution is 6.07. The van der Waals surface area contributed by atoms with Crippen LogP contribution in [-0.4, -0.2) is 46.0 Å². The first kappa shape index (κ1) is 18.4. The largest absolute Gasteiger partial charge is 0.330 e. The quantitative estimate of drug-likeness (QED) is 0.709. The van der Waals surface area contributed by atoms with Crippen molar-refractivity contribution in [2.75, 3.05) is 14.1 Å². The van der Waals surface area contributed by atoms with E-state index in [1.807, 2.05) is 49.4 Å². The predicted octanol–water partition coefficient (Wildman–Crippen LogP) is 3.16. The highest BCUT2D eigenvalue weighted by Crippen LogP contribution is 2.39. The molecule has 3 aromatic rings. The van der Waals surface area contributed by atoms with Crippen molar-refractivity contribution in [3.63, 3.8) is 0 Å². The molecule has 0 fully saturated rings. The van der Waals surface area contributed by atoms with Crippen LogP contribution < -0.4 is 0 Å². The summed E-state index contributed by atoms with van der Waals surface area (Å²) in [6, 6.07) is 17.5. The summed E-state index contributed by atoms with van der Waals surface area (Å²) in [6.45, 7) is 1.96. The van der Waals surface area contributed by atoms with E-state index in [1.54, 1.807) is 31.3 Å². The third-order valence-electron chi connectivity index (χ3n) is 5.69. The number of fused-ring (bicyclic) bond motifs is 1. The molecule has 144 valence electrons. The van der Waals surface area contributed by atoms with E-state index in [-0.39, 0.29) is 11.9 Å². The number of amides is 1. The summed E-state index contributed by atoms with van der Waals surface area (Å²) in [4.78, 5) is 15.9. The lowest BCUT2D eigenvalue weighted by atomic mass is 9.84. The molecule has 1 amide bonds. The number of benzene rings is 2. The van der Waals surface area contributed by atoms with Crippen molar-refractivity contribution in [1.82, 2.24) is 20.0 Å². The molecule has 0 saturated heterocycles. The molecule has 2 aromatic carbocycles. The SMILES string of the molecule is CN1C(=N)N(C)C(C)(c2cccc(-c3cccc(C#N)c3)c2)c2n[nH]cc2C1=O. The first-order valence-electron chi connectivity index (χ1n) is 9.13. The summed E-state index contributed by atoms with van der Waals surface area (Å²) in [5.74, 6) is -0.181. The minimum Gasteiger partial charge on any atom is -0.330 e. The molecule has 7 heteroatoms. The third-order valence-corrected chi connectivity index (χ3v) is 5.69. The van der Waals surface area contributed by atoms with Gasteiger partial charge in [0.1, 0.15) is 11.2 Å². The lowest BCUT2D eigenvalue weighted by Gasteiger charge is -2.39. The Morgan fingerprint density at radius 1 is 1.14 bits per heavy atom. The van der Waals surface area contributed by atoms with E-state index in [2.05, 4.69) is 16.3 Å². The van der Waals surface area contributed by atoms with Crippen molar-refractivity contribution in [2.45, 2.75) is 12.5 Å². The van der Waals surface area contributed by atoms with Gasteiger partial charge in [0.15, 0.2) is 0 Å². The molecule has 0 saturated carbocycles. The molecule has 29 heavy (non-hydrogen) atoms. The maximum absolute atomic E-state index is 12.8. The number of aromatic amines is 1. The second-order valence-corrected chi connectivity index (χ2v) is 7.24. The smallest absolute Gasteiger partial charge is 0.263 e. The number of aromatic nitrogens is 2. The van der Waals surface area contributed by atoms with Crippen molar-refractivity contribution in [3.8, 4) is 17.2 Å². The number of carbonyl (C=O) groups excluding carboxylic acids is 1. The first-order chi connectivity index (χ1) is 13.9. The van der Waals surface area contributed by atoms with Gasteiger partial charge in [0, 0.05) is 20.3 Å². The average molecular weight is 384 g/mol. The van der Waals surface area contributed by atoms with Gasteiger partial charge in [-0.25, -0.2) is 0 Å². The summed E-state index contributed by atoms with van der Waals surface area (Å²) in [6.07, 6.45) is 1.58. The molecule has 7 nitrogen and oxygen atoms in total. The molecule has 0 bridgehead atoms. The van der Waals surface area contributed by atoms with E-state index < -0.39 is 5.54 Å². The van der Waals surface area contributed by atoms with Crippen molar-refractivity contribution in [3.05, 3.63) is 77.1 Å². The fourth-order valence-electron chi connectivity index (χ4n) is 3.80. The zero-order valence-corrected chi connectivity index (χ0v) is 16.4. The van der Waals surface area contributed by atoms with Crippen LogP contribution in [0.1, 0.15) is 34.1 Å². The third kappa shape index (κ3) is 2.69. The van der Waals surface area contributed by atoms with Crippen LogP contribution in [0.4, 0.5) is 0 Å². The van der Waals surface area contributed by atoms with Gasteiger partial charge in [-0.3, -0.25) is 20.2 Å². The molecule has 0 spiro atoms. The normalized spacial score (nSPS) is 19.0. The Bertz CT molecular complexity index is 1170. The van der Waals surface area contributed by atoms with Gasteiger partial charge in [0.2, 0.25) is 5.96 Å². The molecular weight excluding hydrogens is 364 g/mol. The van der Waals surface area contributed by atoms with Gasteiger partial charge in [-0.15, -0.1) is 0 Å². The molecule has 0 radical (unpaired) electrons. The van der Waals surface area contributed by atoms with Crippen LogP contribution in [0, 0.1) is 16.7 Å². The van der Waals surface area contributed by atoms with Gasteiger partial charge >= 0.3 is 0 Å². The molecule has 1 unspecified atom stereocenters. The minimum atomic E-state index is -0.838. The Labute approximate surface area is 168 Å². The molecule has 2 N–H and O–H groups in total. The van der Waals surface area contributed by atoms with Crippen LogP contribution in [0.5, 0.6) is 0 Å². The van der Waals surface area contributed by atoms with Gasteiger partial charge in [-0.2, -0.15) is 10.4 Å². The Morgan fingerprint density at radius 2 is 1.83 bits per heavy atom. The second-order valence-electron chi connectivity index (χ2n) is 7.24. The number of hydrogen-bond acceptors (Lipinski definition) is 4. The van der Waals surface area contributed by atoms with Gasteiger partial charge in [0.25, 0.3) is 5.91 Å². The molecule has 1 aromatic heterocycles. The van der Waals surface area contributed by atoms with Crippen LogP contribution in [0.15, 0.2) is 54.7 Å². The van der Waals surface area contributed by atoms with Crippen molar-refractivity contribution in [1.29, 1.82) is 10.7 Å². The second kappa shape index (κ2) is 6.60. The summed E-state index contributed by atoms with van der Waals surface area (Å²) >= 11 is 0. The summed E-state index contributed by atoms with van der Waals surface area (Å²) in [5.41, 5.74) is 3.53. The lowest BCUT2D eigenvalue weighted by molar-refractivity contribution is 0.0861. The molecule has 1 atom stereocenters. The highest BCUT2D eigenvalue weighted by atomic mass is 16.2. The highest BCUT2D eigenvalue weighted by Gasteiger charge is 2.45. The number of nitriles is 1. The number of carbonyl (C=O) groups is 1. The zero-order valence-electron chi connectivity index (χ0n) is 16.4. The molecule has 0 aliphatic carbocycles. The Morgan fingerprint density at radius 3 is 2.55 bits per heavy atom. The monoisotopic (exact) mass is 384 g/mol. The van der Waals surface area contributed by atoms with Crippen LogP contribution in [0.25, 0.3) is 11.1 Å². The summed E-state index contributed by atoms with van der Waals surface area (Å²) < 4.78 is 0. The van der Waals surface area contributed by atoms with E-state index in [4.69, 9.17) is 5.41 Å². The number of rotatable bonds is 2. The van der Waals surface area contributed by atoms with Crippen LogP contribution in [0.2, 0.25) is 0 Å². The Kier molecular flexibility index (Phi) is 4.20. The van der Waals surface area contributed by atoms with Crippen LogP contribution in [-0.2, 0) is 5.54 Å². The number of nitrogens with one attached hydrogen (secondary N) is 2. The topological polar surface area (TPSA) is 99.9 Å². The van der Waals surface area contributed by atoms with E-state index in [0.29, 0.717) is 16.8 Å². The Balaban J connectivity index is 1.91. The number of nitrogens with zero attached hydrogens (tertiary/aromatic N) is 4. The molecule has 1 aliphatic rings. The Hall–Kier alpha value is -3.92. The van der Waals surface area contributed by atoms with Gasteiger partial charge in [-0.05, 0) is 41.8 Å². The number of hydrogen-bond donors (Lipinski definition) is 2. The number of H-pyrrole nitrogens is 1. The number of guanidine groups is 1. The maximum atomic E-state index is 12.8. The van der Waals surface area contributed by atoms with Gasteiger partial charge in [0.05, 0.1) is 17.2 Å². The van der Waals surface area contributed by atoms with E-state index in [9.17, 15) is 10.1 Å².